The lowest BCUT2D eigenvalue weighted by molar-refractivity contribution is 0.393. The van der Waals surface area contributed by atoms with Gasteiger partial charge in [0.25, 0.3) is 0 Å². The molecule has 1 aromatic heterocycles. The third kappa shape index (κ3) is 3.05. The van der Waals surface area contributed by atoms with Crippen LogP contribution in [0.15, 0.2) is 27.4 Å². The van der Waals surface area contributed by atoms with Crippen molar-refractivity contribution in [2.45, 2.75) is 25.9 Å². The van der Waals surface area contributed by atoms with Crippen LogP contribution in [0.5, 0.6) is 0 Å². The van der Waals surface area contributed by atoms with Gasteiger partial charge in [0.2, 0.25) is 0 Å². The molecule has 5 nitrogen and oxygen atoms in total. The molecule has 0 aliphatic carbocycles. The van der Waals surface area contributed by atoms with Crippen LogP contribution >= 0.6 is 0 Å². The molecule has 2 N–H and O–H groups in total. The predicted molar refractivity (Wildman–Crippen MR) is 76.3 cm³/mol. The van der Waals surface area contributed by atoms with Crippen molar-refractivity contribution in [2.75, 3.05) is 13.6 Å². The van der Waals surface area contributed by atoms with Crippen LogP contribution in [0.2, 0.25) is 0 Å². The Morgan fingerprint density at radius 3 is 2.79 bits per heavy atom. The van der Waals surface area contributed by atoms with Crippen LogP contribution in [0, 0.1) is 0 Å². The second-order valence-corrected chi connectivity index (χ2v) is 5.47. The third-order valence-electron chi connectivity index (χ3n) is 3.43. The van der Waals surface area contributed by atoms with Crippen molar-refractivity contribution in [2.24, 2.45) is 7.05 Å². The lowest BCUT2D eigenvalue weighted by Gasteiger charge is -2.24. The van der Waals surface area contributed by atoms with Gasteiger partial charge < -0.3 is 15.1 Å². The van der Waals surface area contributed by atoms with Crippen LogP contribution in [-0.2, 0) is 13.6 Å². The molecule has 0 aliphatic rings. The Bertz CT molecular complexity index is 625. The average molecular weight is 263 g/mol. The molecule has 2 rings (SSSR count). The average Bonchev–Trinajstić information content (AvgIpc) is 2.65. The van der Waals surface area contributed by atoms with Gasteiger partial charge in [-0.1, -0.05) is 6.07 Å². The smallest absolute Gasteiger partial charge is 0.408 e. The highest BCUT2D eigenvalue weighted by molar-refractivity contribution is 5.73. The van der Waals surface area contributed by atoms with E-state index in [0.717, 1.165) is 24.2 Å². The van der Waals surface area contributed by atoms with Gasteiger partial charge in [0.05, 0.1) is 5.52 Å². The van der Waals surface area contributed by atoms with Crippen molar-refractivity contribution in [1.82, 2.24) is 15.2 Å². The van der Waals surface area contributed by atoms with E-state index in [1.165, 1.54) is 4.57 Å². The van der Waals surface area contributed by atoms with Crippen LogP contribution in [0.25, 0.3) is 11.1 Å². The number of hydrogen-bond donors (Lipinski definition) is 2. The topological polar surface area (TPSA) is 59.2 Å². The second kappa shape index (κ2) is 5.19. The number of aryl methyl sites for hydroxylation is 1. The fourth-order valence-corrected chi connectivity index (χ4v) is 1.89. The van der Waals surface area contributed by atoms with Crippen molar-refractivity contribution >= 4 is 11.1 Å². The maximum atomic E-state index is 11.4. The van der Waals surface area contributed by atoms with E-state index in [0.29, 0.717) is 5.58 Å². The SMILES string of the molecule is CNC(C)(C)CNCc1ccc2oc(=O)n(C)c2c1. The van der Waals surface area contributed by atoms with E-state index in [4.69, 9.17) is 4.42 Å². The van der Waals surface area contributed by atoms with Gasteiger partial charge in [-0.25, -0.2) is 4.79 Å². The minimum absolute atomic E-state index is 0.0621. The number of nitrogens with zero attached hydrogens (tertiary/aromatic N) is 1. The monoisotopic (exact) mass is 263 g/mol. The lowest BCUT2D eigenvalue weighted by atomic mass is 10.1. The van der Waals surface area contributed by atoms with Crippen LogP contribution in [0.1, 0.15) is 19.4 Å². The van der Waals surface area contributed by atoms with E-state index in [-0.39, 0.29) is 11.3 Å². The molecule has 1 aromatic carbocycles. The van der Waals surface area contributed by atoms with Gasteiger partial charge in [0.1, 0.15) is 0 Å². The summed E-state index contributed by atoms with van der Waals surface area (Å²) >= 11 is 0. The normalized spacial score (nSPS) is 12.2. The molecule has 0 atom stereocenters. The lowest BCUT2D eigenvalue weighted by Crippen LogP contribution is -2.45. The number of hydrogen-bond acceptors (Lipinski definition) is 4. The maximum absolute atomic E-state index is 11.4. The summed E-state index contributed by atoms with van der Waals surface area (Å²) < 4.78 is 6.63. The van der Waals surface area contributed by atoms with Crippen molar-refractivity contribution < 1.29 is 4.42 Å². The number of oxazole rings is 1. The second-order valence-electron chi connectivity index (χ2n) is 5.47. The molecule has 0 saturated carbocycles. The van der Waals surface area contributed by atoms with E-state index >= 15 is 0 Å². The molecular weight excluding hydrogens is 242 g/mol. The van der Waals surface area contributed by atoms with Gasteiger partial charge in [-0.2, -0.15) is 0 Å². The summed E-state index contributed by atoms with van der Waals surface area (Å²) in [6.45, 7) is 5.91. The fraction of sp³-hybridized carbons (Fsp3) is 0.500. The molecule has 0 spiro atoms. The number of rotatable bonds is 5. The quantitative estimate of drug-likeness (QED) is 0.851. The Hall–Kier alpha value is -1.59. The first-order chi connectivity index (χ1) is 8.93. The van der Waals surface area contributed by atoms with Gasteiger partial charge in [-0.15, -0.1) is 0 Å². The van der Waals surface area contributed by atoms with E-state index in [9.17, 15) is 4.79 Å². The zero-order valence-corrected chi connectivity index (χ0v) is 11.9. The van der Waals surface area contributed by atoms with E-state index in [1.54, 1.807) is 7.05 Å². The van der Waals surface area contributed by atoms with Gasteiger partial charge in [-0.3, -0.25) is 4.57 Å². The Labute approximate surface area is 112 Å². The van der Waals surface area contributed by atoms with Crippen LogP contribution in [0.3, 0.4) is 0 Å². The van der Waals surface area contributed by atoms with Gasteiger partial charge in [0, 0.05) is 25.7 Å². The third-order valence-corrected chi connectivity index (χ3v) is 3.43. The zero-order chi connectivity index (χ0) is 14.0. The van der Waals surface area contributed by atoms with Gasteiger partial charge in [-0.05, 0) is 38.6 Å². The largest absolute Gasteiger partial charge is 0.419 e. The highest BCUT2D eigenvalue weighted by Crippen LogP contribution is 2.14. The van der Waals surface area contributed by atoms with Crippen molar-refractivity contribution in [3.63, 3.8) is 0 Å². The Morgan fingerprint density at radius 1 is 1.37 bits per heavy atom. The molecule has 0 amide bonds. The van der Waals surface area contributed by atoms with Crippen LogP contribution < -0.4 is 16.4 Å². The maximum Gasteiger partial charge on any atom is 0.419 e. The molecule has 0 fully saturated rings. The predicted octanol–water partition coefficient (Wildman–Crippen LogP) is 1.22. The van der Waals surface area contributed by atoms with Crippen molar-refractivity contribution in [3.05, 3.63) is 34.3 Å². The molecule has 104 valence electrons. The summed E-state index contributed by atoms with van der Waals surface area (Å²) in [5.41, 5.74) is 2.66. The van der Waals surface area contributed by atoms with E-state index in [2.05, 4.69) is 24.5 Å². The summed E-state index contributed by atoms with van der Waals surface area (Å²) in [5, 5.41) is 6.65. The van der Waals surface area contributed by atoms with E-state index < -0.39 is 0 Å². The van der Waals surface area contributed by atoms with Gasteiger partial charge >= 0.3 is 5.76 Å². The first-order valence-corrected chi connectivity index (χ1v) is 6.41. The molecule has 0 saturated heterocycles. The summed E-state index contributed by atoms with van der Waals surface area (Å²) in [4.78, 5) is 11.4. The molecule has 0 aliphatic heterocycles. The number of nitrogens with one attached hydrogen (secondary N) is 2. The highest BCUT2D eigenvalue weighted by atomic mass is 16.4. The Kier molecular flexibility index (Phi) is 3.78. The number of benzene rings is 1. The molecule has 19 heavy (non-hydrogen) atoms. The van der Waals surface area contributed by atoms with Gasteiger partial charge in [0.15, 0.2) is 5.58 Å². The number of aromatic nitrogens is 1. The standard InChI is InChI=1S/C14H21N3O2/c1-14(2,15-3)9-16-8-10-5-6-12-11(7-10)17(4)13(18)19-12/h5-7,15-16H,8-9H2,1-4H3. The molecule has 0 bridgehead atoms. The summed E-state index contributed by atoms with van der Waals surface area (Å²) in [7, 11) is 3.67. The summed E-state index contributed by atoms with van der Waals surface area (Å²) in [5.74, 6) is -0.323. The fourth-order valence-electron chi connectivity index (χ4n) is 1.89. The van der Waals surface area contributed by atoms with Crippen molar-refractivity contribution in [3.8, 4) is 0 Å². The number of likely N-dealkylation sites (N-methyl/N-ethyl adjacent to an activating group) is 1. The first-order valence-electron chi connectivity index (χ1n) is 6.41. The Morgan fingerprint density at radius 2 is 2.11 bits per heavy atom. The Balaban J connectivity index is 2.10. The van der Waals surface area contributed by atoms with Crippen LogP contribution in [0.4, 0.5) is 0 Å². The molecule has 5 heteroatoms. The molecule has 2 aromatic rings. The van der Waals surface area contributed by atoms with Crippen LogP contribution in [-0.4, -0.2) is 23.7 Å². The zero-order valence-electron chi connectivity index (χ0n) is 11.9. The summed E-state index contributed by atoms with van der Waals surface area (Å²) in [6, 6.07) is 5.81. The minimum atomic E-state index is -0.323. The number of fused-ring (bicyclic) bond motifs is 1. The van der Waals surface area contributed by atoms with Crippen molar-refractivity contribution in [1.29, 1.82) is 0 Å². The molecule has 0 unspecified atom stereocenters. The molecule has 1 heterocycles. The minimum Gasteiger partial charge on any atom is -0.408 e. The molecule has 0 radical (unpaired) electrons. The molecular formula is C14H21N3O2. The summed E-state index contributed by atoms with van der Waals surface area (Å²) in [6.07, 6.45) is 0. The van der Waals surface area contributed by atoms with E-state index in [1.807, 2.05) is 25.2 Å². The highest BCUT2D eigenvalue weighted by Gasteiger charge is 2.13. The first kappa shape index (κ1) is 13.8.